The van der Waals surface area contributed by atoms with E-state index in [-0.39, 0.29) is 24.0 Å². The van der Waals surface area contributed by atoms with Gasteiger partial charge in [-0.05, 0) is 43.9 Å². The molecule has 0 fully saturated rings. The van der Waals surface area contributed by atoms with Gasteiger partial charge in [-0.25, -0.2) is 4.99 Å². The Morgan fingerprint density at radius 2 is 2.03 bits per heavy atom. The van der Waals surface area contributed by atoms with Crippen molar-refractivity contribution >= 4 is 53.1 Å². The van der Waals surface area contributed by atoms with Crippen LogP contribution in [0.2, 0.25) is 10.0 Å². The second-order valence-electron chi connectivity index (χ2n) is 6.96. The first-order valence-corrected chi connectivity index (χ1v) is 10.8. The summed E-state index contributed by atoms with van der Waals surface area (Å²) in [5.41, 5.74) is 0.953. The van der Waals surface area contributed by atoms with E-state index in [9.17, 15) is 0 Å². The number of benzene rings is 1. The first-order chi connectivity index (χ1) is 13.7. The van der Waals surface area contributed by atoms with Crippen LogP contribution in [-0.2, 0) is 25.9 Å². The summed E-state index contributed by atoms with van der Waals surface area (Å²) < 4.78 is 2.31. The summed E-state index contributed by atoms with van der Waals surface area (Å²) in [6.45, 7) is 5.23. The second kappa shape index (κ2) is 12.6. The molecule has 160 valence electrons. The van der Waals surface area contributed by atoms with Gasteiger partial charge in [-0.2, -0.15) is 0 Å². The molecule has 9 heteroatoms. The van der Waals surface area contributed by atoms with E-state index in [0.717, 1.165) is 62.1 Å². The van der Waals surface area contributed by atoms with Crippen molar-refractivity contribution in [2.45, 2.75) is 58.5 Å². The van der Waals surface area contributed by atoms with Crippen LogP contribution in [0.4, 0.5) is 0 Å². The number of hydrogen-bond donors (Lipinski definition) is 2. The number of guanidine groups is 1. The number of aryl methyl sites for hydroxylation is 2. The van der Waals surface area contributed by atoms with Gasteiger partial charge < -0.3 is 15.2 Å². The molecule has 1 aromatic heterocycles. The van der Waals surface area contributed by atoms with Crippen LogP contribution in [-0.4, -0.2) is 33.8 Å². The first-order valence-electron chi connectivity index (χ1n) is 10.0. The summed E-state index contributed by atoms with van der Waals surface area (Å²) in [6, 6.07) is 5.49. The Bertz CT molecular complexity index is 808. The highest BCUT2D eigenvalue weighted by molar-refractivity contribution is 14.0. The number of hydrogen-bond acceptors (Lipinski definition) is 3. The minimum atomic E-state index is 0. The summed E-state index contributed by atoms with van der Waals surface area (Å²) in [5.74, 6) is 3.04. The predicted molar refractivity (Wildman–Crippen MR) is 131 cm³/mol. The van der Waals surface area contributed by atoms with E-state index < -0.39 is 0 Å². The zero-order chi connectivity index (χ0) is 19.8. The summed E-state index contributed by atoms with van der Waals surface area (Å²) in [7, 11) is 0. The van der Waals surface area contributed by atoms with Gasteiger partial charge in [0.05, 0.1) is 6.54 Å². The Kier molecular flexibility index (Phi) is 10.5. The highest BCUT2D eigenvalue weighted by atomic mass is 127. The van der Waals surface area contributed by atoms with Gasteiger partial charge in [0, 0.05) is 42.5 Å². The van der Waals surface area contributed by atoms with Crippen LogP contribution in [0.1, 0.15) is 49.8 Å². The number of halogens is 3. The normalized spacial score (nSPS) is 14.0. The van der Waals surface area contributed by atoms with E-state index >= 15 is 0 Å². The van der Waals surface area contributed by atoms with Crippen molar-refractivity contribution in [2.24, 2.45) is 4.99 Å². The molecule has 1 aromatic carbocycles. The summed E-state index contributed by atoms with van der Waals surface area (Å²) in [6.07, 6.45) is 6.67. The molecule has 0 bridgehead atoms. The Labute approximate surface area is 199 Å². The van der Waals surface area contributed by atoms with Crippen molar-refractivity contribution in [1.29, 1.82) is 0 Å². The molecule has 0 atom stereocenters. The number of aromatic nitrogens is 3. The van der Waals surface area contributed by atoms with Gasteiger partial charge in [0.25, 0.3) is 0 Å². The van der Waals surface area contributed by atoms with E-state index in [2.05, 4.69) is 37.3 Å². The molecule has 0 spiro atoms. The maximum absolute atomic E-state index is 6.23. The molecule has 2 heterocycles. The van der Waals surface area contributed by atoms with Crippen LogP contribution in [0.3, 0.4) is 0 Å². The van der Waals surface area contributed by atoms with E-state index in [0.29, 0.717) is 16.6 Å². The maximum atomic E-state index is 6.23. The molecule has 1 aliphatic heterocycles. The van der Waals surface area contributed by atoms with Crippen LogP contribution in [0.25, 0.3) is 0 Å². The summed E-state index contributed by atoms with van der Waals surface area (Å²) >= 11 is 12.2. The molecule has 0 amide bonds. The van der Waals surface area contributed by atoms with E-state index in [1.165, 1.54) is 19.3 Å². The van der Waals surface area contributed by atoms with Gasteiger partial charge >= 0.3 is 0 Å². The van der Waals surface area contributed by atoms with E-state index in [1.54, 1.807) is 6.07 Å². The minimum absolute atomic E-state index is 0. The lowest BCUT2D eigenvalue weighted by atomic mass is 10.2. The Balaban J connectivity index is 0.00000300. The third-order valence-electron chi connectivity index (χ3n) is 4.82. The smallest absolute Gasteiger partial charge is 0.191 e. The quantitative estimate of drug-likeness (QED) is 0.228. The zero-order valence-electron chi connectivity index (χ0n) is 16.8. The van der Waals surface area contributed by atoms with Crippen LogP contribution in [0.5, 0.6) is 0 Å². The summed E-state index contributed by atoms with van der Waals surface area (Å²) in [5, 5.41) is 16.7. The molecule has 0 unspecified atom stereocenters. The lowest BCUT2D eigenvalue weighted by molar-refractivity contribution is 0.594. The van der Waals surface area contributed by atoms with Crippen LogP contribution >= 0.6 is 47.2 Å². The van der Waals surface area contributed by atoms with Gasteiger partial charge in [0.15, 0.2) is 5.96 Å². The highest BCUT2D eigenvalue weighted by Gasteiger charge is 2.14. The number of fused-ring (bicyclic) bond motifs is 1. The first kappa shape index (κ1) is 24.2. The molecule has 6 nitrogen and oxygen atoms in total. The molecule has 29 heavy (non-hydrogen) atoms. The van der Waals surface area contributed by atoms with Crippen molar-refractivity contribution in [3.8, 4) is 0 Å². The predicted octanol–water partition coefficient (Wildman–Crippen LogP) is 4.62. The monoisotopic (exact) mass is 550 g/mol. The third-order valence-corrected chi connectivity index (χ3v) is 5.41. The number of aliphatic imine (C=N–C) groups is 1. The fourth-order valence-electron chi connectivity index (χ4n) is 3.34. The minimum Gasteiger partial charge on any atom is -0.357 e. The van der Waals surface area contributed by atoms with Gasteiger partial charge in [-0.1, -0.05) is 35.7 Å². The summed E-state index contributed by atoms with van der Waals surface area (Å²) in [4.78, 5) is 4.63. The fourth-order valence-corrected chi connectivity index (χ4v) is 3.81. The highest BCUT2D eigenvalue weighted by Crippen LogP contribution is 2.21. The molecule has 0 saturated heterocycles. The molecule has 1 aliphatic rings. The van der Waals surface area contributed by atoms with Gasteiger partial charge in [0.1, 0.15) is 11.6 Å². The topological polar surface area (TPSA) is 67.1 Å². The van der Waals surface area contributed by atoms with Crippen LogP contribution in [0.15, 0.2) is 23.2 Å². The van der Waals surface area contributed by atoms with Crippen molar-refractivity contribution in [3.05, 3.63) is 45.5 Å². The molecule has 0 aliphatic carbocycles. The van der Waals surface area contributed by atoms with Gasteiger partial charge in [0.2, 0.25) is 0 Å². The van der Waals surface area contributed by atoms with Gasteiger partial charge in [-0.15, -0.1) is 34.2 Å². The molecule has 2 aromatic rings. The number of rotatable bonds is 7. The molecule has 2 N–H and O–H groups in total. The molecular formula is C20H29Cl2IN6. The van der Waals surface area contributed by atoms with E-state index in [4.69, 9.17) is 23.2 Å². The lowest BCUT2D eigenvalue weighted by Crippen LogP contribution is -2.37. The fraction of sp³-hybridized carbons (Fsp3) is 0.550. The average molecular weight is 551 g/mol. The Hall–Kier alpha value is -1.06. The van der Waals surface area contributed by atoms with Crippen molar-refractivity contribution in [1.82, 2.24) is 25.4 Å². The SMILES string of the molecule is CCNC(=NCc1ccc(Cl)cc1Cl)NCCCc1nnc2n1CCCCC2.I. The van der Waals surface area contributed by atoms with Crippen LogP contribution in [0, 0.1) is 0 Å². The third kappa shape index (κ3) is 7.29. The van der Waals surface area contributed by atoms with E-state index in [1.807, 2.05) is 12.1 Å². The molecule has 0 radical (unpaired) electrons. The average Bonchev–Trinajstić information content (AvgIpc) is 2.90. The Morgan fingerprint density at radius 3 is 2.83 bits per heavy atom. The zero-order valence-corrected chi connectivity index (χ0v) is 20.6. The largest absolute Gasteiger partial charge is 0.357 e. The van der Waals surface area contributed by atoms with Crippen molar-refractivity contribution < 1.29 is 0 Å². The second-order valence-corrected chi connectivity index (χ2v) is 7.80. The number of nitrogens with zero attached hydrogens (tertiary/aromatic N) is 4. The molecular weight excluding hydrogens is 522 g/mol. The molecule has 0 saturated carbocycles. The standard InChI is InChI=1S/C20H28Cl2N6.HI/c1-2-23-20(25-14-15-9-10-16(21)13-17(15)22)24-11-6-8-19-27-26-18-7-4-3-5-12-28(18)19;/h9-10,13H,2-8,11-12,14H2,1H3,(H2,23,24,25);1H. The maximum Gasteiger partial charge on any atom is 0.191 e. The number of nitrogens with one attached hydrogen (secondary N) is 2. The van der Waals surface area contributed by atoms with Crippen molar-refractivity contribution in [3.63, 3.8) is 0 Å². The van der Waals surface area contributed by atoms with Gasteiger partial charge in [-0.3, -0.25) is 0 Å². The van der Waals surface area contributed by atoms with Crippen LogP contribution < -0.4 is 10.6 Å². The Morgan fingerprint density at radius 1 is 1.17 bits per heavy atom. The lowest BCUT2D eigenvalue weighted by Gasteiger charge is -2.12. The molecule has 3 rings (SSSR count). The van der Waals surface area contributed by atoms with Crippen molar-refractivity contribution in [2.75, 3.05) is 13.1 Å².